The summed E-state index contributed by atoms with van der Waals surface area (Å²) in [6, 6.07) is 5.62. The minimum Gasteiger partial charge on any atom is -0.389 e. The standard InChI is InChI=1S/C12H21N3O/c1-4-15(9-12(2,3)16)8-10-6-5-7-11(13)14-10/h5-7,16H,4,8-9H2,1-3H3,(H2,13,14). The average molecular weight is 223 g/mol. The van der Waals surface area contributed by atoms with Gasteiger partial charge < -0.3 is 10.8 Å². The van der Waals surface area contributed by atoms with Crippen LogP contribution in [0.25, 0.3) is 0 Å². The lowest BCUT2D eigenvalue weighted by Gasteiger charge is -2.27. The molecule has 0 radical (unpaired) electrons. The Hall–Kier alpha value is -1.13. The van der Waals surface area contributed by atoms with E-state index in [1.54, 1.807) is 6.07 Å². The molecule has 0 atom stereocenters. The average Bonchev–Trinajstić information content (AvgIpc) is 2.14. The van der Waals surface area contributed by atoms with Crippen LogP contribution in [-0.2, 0) is 6.54 Å². The van der Waals surface area contributed by atoms with Crippen LogP contribution in [0, 0.1) is 0 Å². The Morgan fingerprint density at radius 2 is 2.12 bits per heavy atom. The maximum atomic E-state index is 9.77. The molecule has 1 aromatic rings. The second-order valence-corrected chi connectivity index (χ2v) is 4.67. The Labute approximate surface area is 97.1 Å². The minimum absolute atomic E-state index is 0.539. The number of nitrogen functional groups attached to an aromatic ring is 1. The van der Waals surface area contributed by atoms with Crippen LogP contribution in [0.15, 0.2) is 18.2 Å². The number of hydrogen-bond donors (Lipinski definition) is 2. The highest BCUT2D eigenvalue weighted by atomic mass is 16.3. The Balaban J connectivity index is 2.63. The fourth-order valence-electron chi connectivity index (χ4n) is 1.64. The predicted molar refractivity (Wildman–Crippen MR) is 65.9 cm³/mol. The van der Waals surface area contributed by atoms with E-state index in [-0.39, 0.29) is 0 Å². The zero-order chi connectivity index (χ0) is 12.2. The van der Waals surface area contributed by atoms with Crippen LogP contribution in [0.5, 0.6) is 0 Å². The quantitative estimate of drug-likeness (QED) is 0.789. The lowest BCUT2D eigenvalue weighted by molar-refractivity contribution is 0.0350. The molecule has 0 aromatic carbocycles. The summed E-state index contributed by atoms with van der Waals surface area (Å²) in [5, 5.41) is 9.77. The lowest BCUT2D eigenvalue weighted by Crippen LogP contribution is -2.38. The molecule has 90 valence electrons. The molecule has 0 amide bonds. The summed E-state index contributed by atoms with van der Waals surface area (Å²) in [5.41, 5.74) is 5.88. The molecule has 0 bridgehead atoms. The molecule has 0 saturated carbocycles. The van der Waals surface area contributed by atoms with Gasteiger partial charge in [0.15, 0.2) is 0 Å². The monoisotopic (exact) mass is 223 g/mol. The number of aliphatic hydroxyl groups is 1. The normalized spacial score (nSPS) is 12.1. The van der Waals surface area contributed by atoms with Crippen molar-refractivity contribution in [3.63, 3.8) is 0 Å². The van der Waals surface area contributed by atoms with Gasteiger partial charge in [-0.05, 0) is 32.5 Å². The zero-order valence-electron chi connectivity index (χ0n) is 10.3. The molecular weight excluding hydrogens is 202 g/mol. The molecule has 16 heavy (non-hydrogen) atoms. The fourth-order valence-corrected chi connectivity index (χ4v) is 1.64. The molecule has 1 aromatic heterocycles. The van der Waals surface area contributed by atoms with Gasteiger partial charge in [-0.3, -0.25) is 4.90 Å². The molecule has 4 nitrogen and oxygen atoms in total. The van der Waals surface area contributed by atoms with Crippen molar-refractivity contribution in [2.45, 2.75) is 32.9 Å². The first-order valence-corrected chi connectivity index (χ1v) is 5.57. The number of nitrogens with zero attached hydrogens (tertiary/aromatic N) is 2. The highest BCUT2D eigenvalue weighted by molar-refractivity contribution is 5.28. The molecule has 1 rings (SSSR count). The molecule has 1 heterocycles. The van der Waals surface area contributed by atoms with Crippen molar-refractivity contribution in [1.82, 2.24) is 9.88 Å². The summed E-state index contributed by atoms with van der Waals surface area (Å²) >= 11 is 0. The van der Waals surface area contributed by atoms with E-state index in [4.69, 9.17) is 5.73 Å². The van der Waals surface area contributed by atoms with Gasteiger partial charge in [0.2, 0.25) is 0 Å². The molecule has 0 aliphatic heterocycles. The van der Waals surface area contributed by atoms with Crippen LogP contribution in [0.1, 0.15) is 26.5 Å². The van der Waals surface area contributed by atoms with Crippen molar-refractivity contribution in [2.75, 3.05) is 18.8 Å². The summed E-state index contributed by atoms with van der Waals surface area (Å²) in [6.07, 6.45) is 0. The van der Waals surface area contributed by atoms with Gasteiger partial charge in [-0.1, -0.05) is 13.0 Å². The maximum Gasteiger partial charge on any atom is 0.123 e. The van der Waals surface area contributed by atoms with Crippen LogP contribution in [0.4, 0.5) is 5.82 Å². The van der Waals surface area contributed by atoms with Crippen molar-refractivity contribution in [3.8, 4) is 0 Å². The third-order valence-corrected chi connectivity index (χ3v) is 2.27. The SMILES string of the molecule is CCN(Cc1cccc(N)n1)CC(C)(C)O. The van der Waals surface area contributed by atoms with Crippen LogP contribution < -0.4 is 5.73 Å². The number of hydrogen-bond acceptors (Lipinski definition) is 4. The number of anilines is 1. The lowest BCUT2D eigenvalue weighted by atomic mass is 10.1. The molecular formula is C12H21N3O. The van der Waals surface area contributed by atoms with Crippen LogP contribution in [0.3, 0.4) is 0 Å². The van der Waals surface area contributed by atoms with Crippen LogP contribution in [-0.4, -0.2) is 33.7 Å². The van der Waals surface area contributed by atoms with Gasteiger partial charge in [-0.15, -0.1) is 0 Å². The first-order valence-electron chi connectivity index (χ1n) is 5.57. The number of aromatic nitrogens is 1. The van der Waals surface area contributed by atoms with Gasteiger partial charge in [0, 0.05) is 13.1 Å². The summed E-state index contributed by atoms with van der Waals surface area (Å²) in [4.78, 5) is 6.39. The Bertz CT molecular complexity index is 333. The van der Waals surface area contributed by atoms with Gasteiger partial charge in [-0.25, -0.2) is 4.98 Å². The topological polar surface area (TPSA) is 62.4 Å². The summed E-state index contributed by atoms with van der Waals surface area (Å²) in [5.74, 6) is 0.539. The van der Waals surface area contributed by atoms with E-state index >= 15 is 0 Å². The van der Waals surface area contributed by atoms with Gasteiger partial charge >= 0.3 is 0 Å². The highest BCUT2D eigenvalue weighted by Crippen LogP contribution is 2.09. The van der Waals surface area contributed by atoms with E-state index < -0.39 is 5.60 Å². The third kappa shape index (κ3) is 4.59. The predicted octanol–water partition coefficient (Wildman–Crippen LogP) is 1.26. The molecule has 0 unspecified atom stereocenters. The van der Waals surface area contributed by atoms with Gasteiger partial charge in [0.1, 0.15) is 5.82 Å². The number of likely N-dealkylation sites (N-methyl/N-ethyl adjacent to an activating group) is 1. The molecule has 4 heteroatoms. The second-order valence-electron chi connectivity index (χ2n) is 4.67. The smallest absolute Gasteiger partial charge is 0.123 e. The number of rotatable bonds is 5. The number of nitrogens with two attached hydrogens (primary N) is 1. The van der Waals surface area contributed by atoms with E-state index in [2.05, 4.69) is 16.8 Å². The van der Waals surface area contributed by atoms with Crippen LogP contribution in [0.2, 0.25) is 0 Å². The van der Waals surface area contributed by atoms with Gasteiger partial charge in [-0.2, -0.15) is 0 Å². The third-order valence-electron chi connectivity index (χ3n) is 2.27. The van der Waals surface area contributed by atoms with Crippen molar-refractivity contribution < 1.29 is 5.11 Å². The van der Waals surface area contributed by atoms with Crippen molar-refractivity contribution in [2.24, 2.45) is 0 Å². The van der Waals surface area contributed by atoms with E-state index in [0.29, 0.717) is 18.9 Å². The molecule has 0 spiro atoms. The van der Waals surface area contributed by atoms with Crippen molar-refractivity contribution in [3.05, 3.63) is 23.9 Å². The zero-order valence-corrected chi connectivity index (χ0v) is 10.3. The molecule has 0 aliphatic carbocycles. The van der Waals surface area contributed by atoms with Crippen molar-refractivity contribution >= 4 is 5.82 Å². The Morgan fingerprint density at radius 1 is 1.44 bits per heavy atom. The Morgan fingerprint density at radius 3 is 2.62 bits per heavy atom. The summed E-state index contributed by atoms with van der Waals surface area (Å²) in [7, 11) is 0. The minimum atomic E-state index is -0.684. The van der Waals surface area contributed by atoms with Gasteiger partial charge in [0.05, 0.1) is 11.3 Å². The van der Waals surface area contributed by atoms with E-state index in [1.807, 2.05) is 26.0 Å². The maximum absolute atomic E-state index is 9.77. The van der Waals surface area contributed by atoms with Crippen molar-refractivity contribution in [1.29, 1.82) is 0 Å². The summed E-state index contributed by atoms with van der Waals surface area (Å²) < 4.78 is 0. The number of pyridine rings is 1. The van der Waals surface area contributed by atoms with E-state index in [1.165, 1.54) is 0 Å². The van der Waals surface area contributed by atoms with E-state index in [0.717, 1.165) is 12.2 Å². The molecule has 0 saturated heterocycles. The van der Waals surface area contributed by atoms with Gasteiger partial charge in [0.25, 0.3) is 0 Å². The molecule has 0 aliphatic rings. The highest BCUT2D eigenvalue weighted by Gasteiger charge is 2.17. The fraction of sp³-hybridized carbons (Fsp3) is 0.583. The summed E-state index contributed by atoms with van der Waals surface area (Å²) in [6.45, 7) is 7.90. The first-order chi connectivity index (χ1) is 7.40. The van der Waals surface area contributed by atoms with E-state index in [9.17, 15) is 5.11 Å². The first kappa shape index (κ1) is 12.9. The van der Waals surface area contributed by atoms with Crippen LogP contribution >= 0.6 is 0 Å². The Kier molecular flexibility index (Phi) is 4.26. The largest absolute Gasteiger partial charge is 0.389 e. The second kappa shape index (κ2) is 5.27. The molecule has 3 N–H and O–H groups in total. The molecule has 0 fully saturated rings.